The predicted octanol–water partition coefficient (Wildman–Crippen LogP) is 7.02. The molecule has 4 heteroatoms. The van der Waals surface area contributed by atoms with Crippen LogP contribution in [0.15, 0.2) is 72.8 Å². The first kappa shape index (κ1) is 22.4. The average Bonchev–Trinajstić information content (AvgIpc) is 2.80. The lowest BCUT2D eigenvalue weighted by Gasteiger charge is -2.09. The number of carbonyl (C=O) groups excluding carboxylic acids is 1. The second kappa shape index (κ2) is 11.8. The van der Waals surface area contributed by atoms with Crippen molar-refractivity contribution in [1.82, 2.24) is 0 Å². The Morgan fingerprint density at radius 1 is 0.742 bits per heavy atom. The third-order valence-corrected chi connectivity index (χ3v) is 5.14. The Hall–Kier alpha value is -3.27. The number of carbonyl (C=O) groups is 1. The second-order valence-corrected chi connectivity index (χ2v) is 7.57. The maximum atomic E-state index is 12.2. The van der Waals surface area contributed by atoms with Gasteiger partial charge in [0.05, 0.1) is 6.61 Å². The first-order valence-corrected chi connectivity index (χ1v) is 11.0. The van der Waals surface area contributed by atoms with Crippen LogP contribution in [0.4, 0.5) is 0 Å². The van der Waals surface area contributed by atoms with E-state index in [1.165, 1.54) is 44.2 Å². The van der Waals surface area contributed by atoms with Crippen LogP contribution in [0.5, 0.6) is 17.2 Å². The third-order valence-electron chi connectivity index (χ3n) is 5.14. The molecule has 31 heavy (non-hydrogen) atoms. The van der Waals surface area contributed by atoms with Crippen molar-refractivity contribution in [3.63, 3.8) is 0 Å². The molecule has 0 amide bonds. The number of esters is 1. The largest absolute Gasteiger partial charge is 0.507 e. The third kappa shape index (κ3) is 6.88. The highest BCUT2D eigenvalue weighted by molar-refractivity contribution is 5.93. The molecule has 3 aromatic rings. The van der Waals surface area contributed by atoms with Crippen molar-refractivity contribution in [1.29, 1.82) is 0 Å². The van der Waals surface area contributed by atoms with E-state index in [-0.39, 0.29) is 11.3 Å². The van der Waals surface area contributed by atoms with Gasteiger partial charge in [-0.3, -0.25) is 0 Å². The fourth-order valence-electron chi connectivity index (χ4n) is 3.34. The van der Waals surface area contributed by atoms with Gasteiger partial charge in [-0.25, -0.2) is 4.79 Å². The van der Waals surface area contributed by atoms with E-state index in [0.29, 0.717) is 5.75 Å². The van der Waals surface area contributed by atoms with Gasteiger partial charge < -0.3 is 14.6 Å². The topological polar surface area (TPSA) is 55.8 Å². The standard InChI is InChI=1S/C27H30O4/c1-2-3-4-5-6-9-20-30-23-16-12-21(13-17-23)22-14-18-24(19-15-22)31-27(29)25-10-7-8-11-26(25)28/h7-8,10-19,28H,2-6,9,20H2,1H3. The molecule has 0 aliphatic heterocycles. The molecule has 3 aromatic carbocycles. The van der Waals surface area contributed by atoms with Gasteiger partial charge in [0.1, 0.15) is 22.8 Å². The molecule has 0 aliphatic rings. The lowest BCUT2D eigenvalue weighted by Crippen LogP contribution is -2.08. The van der Waals surface area contributed by atoms with E-state index >= 15 is 0 Å². The number of aromatic hydroxyl groups is 1. The van der Waals surface area contributed by atoms with Gasteiger partial charge in [-0.1, -0.05) is 75.4 Å². The van der Waals surface area contributed by atoms with E-state index in [9.17, 15) is 9.90 Å². The zero-order valence-electron chi connectivity index (χ0n) is 18.0. The molecule has 0 radical (unpaired) electrons. The number of phenolic OH excluding ortho intramolecular Hbond substituents is 1. The first-order valence-electron chi connectivity index (χ1n) is 11.0. The van der Waals surface area contributed by atoms with Gasteiger partial charge in [0.2, 0.25) is 0 Å². The molecule has 3 rings (SSSR count). The molecule has 0 spiro atoms. The normalized spacial score (nSPS) is 10.6. The van der Waals surface area contributed by atoms with Crippen LogP contribution < -0.4 is 9.47 Å². The molecule has 0 aromatic heterocycles. The van der Waals surface area contributed by atoms with E-state index in [1.54, 1.807) is 24.3 Å². The van der Waals surface area contributed by atoms with Crippen LogP contribution in [0.25, 0.3) is 11.1 Å². The molecule has 0 unspecified atom stereocenters. The Kier molecular flexibility index (Phi) is 8.53. The van der Waals surface area contributed by atoms with Gasteiger partial charge in [0.25, 0.3) is 0 Å². The van der Waals surface area contributed by atoms with Crippen molar-refractivity contribution in [3.05, 3.63) is 78.4 Å². The number of unbranched alkanes of at least 4 members (excludes halogenated alkanes) is 5. The summed E-state index contributed by atoms with van der Waals surface area (Å²) in [5.74, 6) is 0.627. The molecule has 4 nitrogen and oxygen atoms in total. The maximum Gasteiger partial charge on any atom is 0.347 e. The summed E-state index contributed by atoms with van der Waals surface area (Å²) < 4.78 is 11.2. The van der Waals surface area contributed by atoms with Crippen LogP contribution in [0.2, 0.25) is 0 Å². The molecular weight excluding hydrogens is 388 g/mol. The Morgan fingerprint density at radius 3 is 1.97 bits per heavy atom. The summed E-state index contributed by atoms with van der Waals surface area (Å²) in [5.41, 5.74) is 2.22. The number of ether oxygens (including phenoxy) is 2. The molecule has 0 saturated heterocycles. The molecule has 0 aliphatic carbocycles. The minimum Gasteiger partial charge on any atom is -0.507 e. The zero-order chi connectivity index (χ0) is 21.9. The zero-order valence-corrected chi connectivity index (χ0v) is 18.0. The second-order valence-electron chi connectivity index (χ2n) is 7.57. The Balaban J connectivity index is 1.49. The Labute approximate surface area is 184 Å². The summed E-state index contributed by atoms with van der Waals surface area (Å²) in [7, 11) is 0. The summed E-state index contributed by atoms with van der Waals surface area (Å²) >= 11 is 0. The van der Waals surface area contributed by atoms with Crippen LogP contribution in [-0.2, 0) is 0 Å². The lowest BCUT2D eigenvalue weighted by molar-refractivity contribution is 0.0731. The van der Waals surface area contributed by atoms with Crippen molar-refractivity contribution < 1.29 is 19.4 Å². The van der Waals surface area contributed by atoms with Gasteiger partial charge >= 0.3 is 5.97 Å². The van der Waals surface area contributed by atoms with Gasteiger partial charge in [-0.2, -0.15) is 0 Å². The molecular formula is C27H30O4. The van der Waals surface area contributed by atoms with Crippen LogP contribution in [0.3, 0.4) is 0 Å². The fourth-order valence-corrected chi connectivity index (χ4v) is 3.34. The SMILES string of the molecule is CCCCCCCCOc1ccc(-c2ccc(OC(=O)c3ccccc3O)cc2)cc1. The highest BCUT2D eigenvalue weighted by Gasteiger charge is 2.12. The summed E-state index contributed by atoms with van der Waals surface area (Å²) in [4.78, 5) is 12.2. The number of phenols is 1. The first-order chi connectivity index (χ1) is 15.2. The number of hydrogen-bond donors (Lipinski definition) is 1. The minimum absolute atomic E-state index is 0.0945. The van der Waals surface area contributed by atoms with Crippen molar-refractivity contribution in [2.45, 2.75) is 45.4 Å². The Bertz CT molecular complexity index is 946. The highest BCUT2D eigenvalue weighted by atomic mass is 16.5. The van der Waals surface area contributed by atoms with E-state index < -0.39 is 5.97 Å². The van der Waals surface area contributed by atoms with Crippen molar-refractivity contribution >= 4 is 5.97 Å². The number of hydrogen-bond acceptors (Lipinski definition) is 4. The monoisotopic (exact) mass is 418 g/mol. The Morgan fingerprint density at radius 2 is 1.32 bits per heavy atom. The molecule has 162 valence electrons. The van der Waals surface area contributed by atoms with Gasteiger partial charge in [0.15, 0.2) is 0 Å². The molecule has 0 saturated carbocycles. The molecule has 0 bridgehead atoms. The summed E-state index contributed by atoms with van der Waals surface area (Å²) in [6.07, 6.45) is 7.51. The quantitative estimate of drug-likeness (QED) is 0.207. The lowest BCUT2D eigenvalue weighted by atomic mass is 10.1. The van der Waals surface area contributed by atoms with Crippen molar-refractivity contribution in [2.75, 3.05) is 6.61 Å². The van der Waals surface area contributed by atoms with Crippen LogP contribution in [-0.4, -0.2) is 17.7 Å². The van der Waals surface area contributed by atoms with Crippen LogP contribution in [0, 0.1) is 0 Å². The van der Waals surface area contributed by atoms with Crippen molar-refractivity contribution in [2.24, 2.45) is 0 Å². The predicted molar refractivity (Wildman–Crippen MR) is 124 cm³/mol. The van der Waals surface area contributed by atoms with Gasteiger partial charge in [-0.05, 0) is 53.9 Å². The summed E-state index contributed by atoms with van der Waals surface area (Å²) in [6.45, 7) is 2.98. The smallest absolute Gasteiger partial charge is 0.347 e. The fraction of sp³-hybridized carbons (Fsp3) is 0.296. The highest BCUT2D eigenvalue weighted by Crippen LogP contribution is 2.26. The van der Waals surface area contributed by atoms with E-state index in [2.05, 4.69) is 6.92 Å². The minimum atomic E-state index is -0.585. The molecule has 0 heterocycles. The number of rotatable bonds is 11. The molecule has 0 fully saturated rings. The average molecular weight is 419 g/mol. The van der Waals surface area contributed by atoms with Crippen LogP contribution >= 0.6 is 0 Å². The summed E-state index contributed by atoms with van der Waals surface area (Å²) in [6, 6.07) is 21.6. The summed E-state index contributed by atoms with van der Waals surface area (Å²) in [5, 5.41) is 9.77. The van der Waals surface area contributed by atoms with Crippen LogP contribution in [0.1, 0.15) is 55.8 Å². The van der Waals surface area contributed by atoms with E-state index in [1.807, 2.05) is 36.4 Å². The number of benzene rings is 3. The van der Waals surface area contributed by atoms with E-state index in [4.69, 9.17) is 9.47 Å². The van der Waals surface area contributed by atoms with Crippen molar-refractivity contribution in [3.8, 4) is 28.4 Å². The number of para-hydroxylation sites is 1. The molecule has 1 N–H and O–H groups in total. The van der Waals surface area contributed by atoms with E-state index in [0.717, 1.165) is 29.9 Å². The molecule has 0 atom stereocenters. The van der Waals surface area contributed by atoms with Gasteiger partial charge in [0, 0.05) is 0 Å². The van der Waals surface area contributed by atoms with Gasteiger partial charge in [-0.15, -0.1) is 0 Å². The maximum absolute atomic E-state index is 12.2.